The van der Waals surface area contributed by atoms with Crippen molar-refractivity contribution in [1.82, 2.24) is 29.0 Å². The van der Waals surface area contributed by atoms with Gasteiger partial charge in [0.1, 0.15) is 11.3 Å². The van der Waals surface area contributed by atoms with E-state index in [1.54, 1.807) is 24.1 Å². The molecule has 10 nitrogen and oxygen atoms in total. The van der Waals surface area contributed by atoms with Crippen molar-refractivity contribution in [2.24, 2.45) is 14.1 Å². The van der Waals surface area contributed by atoms with Gasteiger partial charge < -0.3 is 14.8 Å². The maximum Gasteiger partial charge on any atom is 0.332 e. The Bertz CT molecular complexity index is 1430. The van der Waals surface area contributed by atoms with E-state index in [2.05, 4.69) is 19.9 Å². The molecular weight excluding hydrogens is 410 g/mol. The van der Waals surface area contributed by atoms with Crippen LogP contribution in [0.2, 0.25) is 0 Å². The van der Waals surface area contributed by atoms with Gasteiger partial charge in [-0.2, -0.15) is 0 Å². The lowest BCUT2D eigenvalue weighted by Crippen LogP contribution is -2.38. The van der Waals surface area contributed by atoms with Gasteiger partial charge in [-0.3, -0.25) is 18.7 Å². The standard InChI is InChI=1S/C22H23N7O3/c1-26-18-14(19(30)27(2)22(26)32)8-9-17(23-18)20(31)28-10-5-11-29(13-12-28)21-24-15-6-3-4-7-16(15)25-21/h3-4,6-9H,5,10-13H2,1-2H3,(H,24,25). The minimum atomic E-state index is -0.476. The van der Waals surface area contributed by atoms with Crippen molar-refractivity contribution in [1.29, 1.82) is 0 Å². The quantitative estimate of drug-likeness (QED) is 0.502. The van der Waals surface area contributed by atoms with Gasteiger partial charge in [0.15, 0.2) is 0 Å². The highest BCUT2D eigenvalue weighted by atomic mass is 16.2. The summed E-state index contributed by atoms with van der Waals surface area (Å²) in [6, 6.07) is 11.0. The normalized spacial score (nSPS) is 14.8. The molecular formula is C22H23N7O3. The molecule has 1 N–H and O–H groups in total. The van der Waals surface area contributed by atoms with Gasteiger partial charge in [0.2, 0.25) is 5.95 Å². The number of imidazole rings is 1. The fourth-order valence-electron chi connectivity index (χ4n) is 4.16. The summed E-state index contributed by atoms with van der Waals surface area (Å²) < 4.78 is 2.33. The first-order valence-electron chi connectivity index (χ1n) is 10.5. The molecule has 0 bridgehead atoms. The van der Waals surface area contributed by atoms with Gasteiger partial charge >= 0.3 is 5.69 Å². The summed E-state index contributed by atoms with van der Waals surface area (Å²) in [6.07, 6.45) is 0.787. The Hall–Kier alpha value is -3.95. The second-order valence-corrected chi connectivity index (χ2v) is 7.98. The summed E-state index contributed by atoms with van der Waals surface area (Å²) in [5.74, 6) is 0.585. The number of pyridine rings is 1. The molecule has 1 aromatic carbocycles. The van der Waals surface area contributed by atoms with Gasteiger partial charge in [-0.05, 0) is 30.7 Å². The Morgan fingerprint density at radius 2 is 1.75 bits per heavy atom. The predicted octanol–water partition coefficient (Wildman–Crippen LogP) is 0.861. The summed E-state index contributed by atoms with van der Waals surface area (Å²) >= 11 is 0. The van der Waals surface area contributed by atoms with Crippen molar-refractivity contribution >= 4 is 33.9 Å². The third-order valence-electron chi connectivity index (χ3n) is 5.98. The third-order valence-corrected chi connectivity index (χ3v) is 5.98. The molecule has 5 rings (SSSR count). The van der Waals surface area contributed by atoms with E-state index in [1.165, 1.54) is 11.6 Å². The van der Waals surface area contributed by atoms with E-state index < -0.39 is 11.2 Å². The summed E-state index contributed by atoms with van der Waals surface area (Å²) in [7, 11) is 2.97. The number of hydrogen-bond donors (Lipinski definition) is 1. The number of amides is 1. The van der Waals surface area contributed by atoms with E-state index in [4.69, 9.17) is 0 Å². The molecule has 164 valence electrons. The lowest BCUT2D eigenvalue weighted by atomic mass is 10.2. The number of fused-ring (bicyclic) bond motifs is 2. The number of carbonyl (C=O) groups is 1. The zero-order valence-electron chi connectivity index (χ0n) is 17.9. The molecule has 0 radical (unpaired) electrons. The van der Waals surface area contributed by atoms with Crippen molar-refractivity contribution in [2.75, 3.05) is 31.1 Å². The second-order valence-electron chi connectivity index (χ2n) is 7.98. The van der Waals surface area contributed by atoms with Crippen molar-refractivity contribution in [2.45, 2.75) is 6.42 Å². The first-order valence-corrected chi connectivity index (χ1v) is 10.5. The molecule has 3 aromatic heterocycles. The Morgan fingerprint density at radius 1 is 0.938 bits per heavy atom. The molecule has 0 spiro atoms. The Balaban J connectivity index is 1.39. The number of H-pyrrole nitrogens is 1. The first kappa shape index (κ1) is 20.0. The molecule has 1 fully saturated rings. The fourth-order valence-corrected chi connectivity index (χ4v) is 4.16. The number of carbonyl (C=O) groups excluding carboxylic acids is 1. The summed E-state index contributed by atoms with van der Waals surface area (Å²) in [5.41, 5.74) is 1.43. The second kappa shape index (κ2) is 7.63. The van der Waals surface area contributed by atoms with Crippen LogP contribution in [0.5, 0.6) is 0 Å². The van der Waals surface area contributed by atoms with Crippen molar-refractivity contribution in [3.05, 3.63) is 62.9 Å². The highest BCUT2D eigenvalue weighted by Crippen LogP contribution is 2.19. The number of nitrogens with one attached hydrogen (secondary N) is 1. The van der Waals surface area contributed by atoms with E-state index in [-0.39, 0.29) is 17.2 Å². The molecule has 10 heteroatoms. The van der Waals surface area contributed by atoms with Gasteiger partial charge in [-0.1, -0.05) is 12.1 Å². The molecule has 1 aliphatic rings. The van der Waals surface area contributed by atoms with Gasteiger partial charge in [0.25, 0.3) is 11.5 Å². The Labute approximate surface area is 182 Å². The van der Waals surface area contributed by atoms with E-state index in [0.717, 1.165) is 34.5 Å². The van der Waals surface area contributed by atoms with Gasteiger partial charge in [-0.25, -0.2) is 14.8 Å². The molecule has 0 unspecified atom stereocenters. The minimum absolute atomic E-state index is 0.211. The Morgan fingerprint density at radius 3 is 2.56 bits per heavy atom. The maximum atomic E-state index is 13.2. The zero-order chi connectivity index (χ0) is 22.4. The number of rotatable bonds is 2. The van der Waals surface area contributed by atoms with Crippen LogP contribution in [0.1, 0.15) is 16.9 Å². The number of aromatic amines is 1. The highest BCUT2D eigenvalue weighted by Gasteiger charge is 2.23. The average molecular weight is 433 g/mol. The lowest BCUT2D eigenvalue weighted by Gasteiger charge is -2.21. The molecule has 0 aliphatic carbocycles. The third kappa shape index (κ3) is 3.24. The number of benzene rings is 1. The molecule has 0 saturated carbocycles. The van der Waals surface area contributed by atoms with E-state index >= 15 is 0 Å². The summed E-state index contributed by atoms with van der Waals surface area (Å²) in [4.78, 5) is 54.1. The molecule has 4 aromatic rings. The number of aryl methyl sites for hydroxylation is 1. The van der Waals surface area contributed by atoms with Crippen molar-refractivity contribution in [3.63, 3.8) is 0 Å². The van der Waals surface area contributed by atoms with Crippen LogP contribution < -0.4 is 16.1 Å². The number of nitrogens with zero attached hydrogens (tertiary/aromatic N) is 6. The summed E-state index contributed by atoms with van der Waals surface area (Å²) in [5, 5.41) is 0.304. The van der Waals surface area contributed by atoms with E-state index in [0.29, 0.717) is 25.0 Å². The van der Waals surface area contributed by atoms with Crippen LogP contribution in [0, 0.1) is 0 Å². The molecule has 1 amide bonds. The molecule has 1 saturated heterocycles. The number of anilines is 1. The Kier molecular flexibility index (Phi) is 4.76. The minimum Gasteiger partial charge on any atom is -0.341 e. The maximum absolute atomic E-state index is 13.2. The van der Waals surface area contributed by atoms with Gasteiger partial charge in [-0.15, -0.1) is 0 Å². The largest absolute Gasteiger partial charge is 0.341 e. The smallest absolute Gasteiger partial charge is 0.332 e. The van der Waals surface area contributed by atoms with Crippen LogP contribution in [0.15, 0.2) is 46.0 Å². The SMILES string of the molecule is Cn1c(=O)c2ccc(C(=O)N3CCCN(c4nc5ccccc5[nH]4)CC3)nc2n(C)c1=O. The fraction of sp³-hybridized carbons (Fsp3) is 0.318. The zero-order valence-corrected chi connectivity index (χ0v) is 17.9. The molecule has 32 heavy (non-hydrogen) atoms. The molecule has 1 aliphatic heterocycles. The number of para-hydroxylation sites is 2. The first-order chi connectivity index (χ1) is 15.4. The van der Waals surface area contributed by atoms with Crippen LogP contribution in [0.25, 0.3) is 22.1 Å². The van der Waals surface area contributed by atoms with Crippen molar-refractivity contribution < 1.29 is 4.79 Å². The number of aromatic nitrogens is 5. The van der Waals surface area contributed by atoms with E-state index in [1.807, 2.05) is 24.3 Å². The molecule has 4 heterocycles. The monoisotopic (exact) mass is 433 g/mol. The van der Waals surface area contributed by atoms with E-state index in [9.17, 15) is 14.4 Å². The average Bonchev–Trinajstić information content (AvgIpc) is 3.10. The lowest BCUT2D eigenvalue weighted by molar-refractivity contribution is 0.0761. The topological polar surface area (TPSA) is 109 Å². The molecule has 0 atom stereocenters. The van der Waals surface area contributed by atoms with Crippen LogP contribution in [-0.2, 0) is 14.1 Å². The van der Waals surface area contributed by atoms with Gasteiger partial charge in [0.05, 0.1) is 16.4 Å². The predicted molar refractivity (Wildman–Crippen MR) is 121 cm³/mol. The van der Waals surface area contributed by atoms with Crippen LogP contribution in [0.3, 0.4) is 0 Å². The van der Waals surface area contributed by atoms with Crippen molar-refractivity contribution in [3.8, 4) is 0 Å². The number of hydrogen-bond acceptors (Lipinski definition) is 6. The summed E-state index contributed by atoms with van der Waals surface area (Å²) in [6.45, 7) is 2.52. The van der Waals surface area contributed by atoms with Crippen LogP contribution >= 0.6 is 0 Å². The van der Waals surface area contributed by atoms with Crippen LogP contribution in [0.4, 0.5) is 5.95 Å². The highest BCUT2D eigenvalue weighted by molar-refractivity contribution is 5.94. The van der Waals surface area contributed by atoms with Gasteiger partial charge in [0, 0.05) is 40.3 Å². The van der Waals surface area contributed by atoms with Crippen LogP contribution in [-0.4, -0.2) is 61.1 Å².